The van der Waals surface area contributed by atoms with Gasteiger partial charge in [-0.3, -0.25) is 0 Å². The lowest BCUT2D eigenvalue weighted by atomic mass is 10.0. The van der Waals surface area contributed by atoms with E-state index in [1.807, 2.05) is 0 Å². The molecule has 0 saturated heterocycles. The van der Waals surface area contributed by atoms with E-state index in [-0.39, 0.29) is 0 Å². The topological polar surface area (TPSA) is 17.1 Å². The number of aryl methyl sites for hydroxylation is 2. The van der Waals surface area contributed by atoms with Crippen molar-refractivity contribution in [3.05, 3.63) is 47.5 Å². The van der Waals surface area contributed by atoms with Crippen molar-refractivity contribution in [1.29, 1.82) is 0 Å². The maximum absolute atomic E-state index is 12.6. The highest BCUT2D eigenvalue weighted by Crippen LogP contribution is 2.49. The summed E-state index contributed by atoms with van der Waals surface area (Å²) in [6, 6.07) is 12.8. The van der Waals surface area contributed by atoms with Gasteiger partial charge < -0.3 is 0 Å². The fourth-order valence-corrected chi connectivity index (χ4v) is 6.74. The predicted octanol–water partition coefficient (Wildman–Crippen LogP) is 3.74. The van der Waals surface area contributed by atoms with E-state index >= 15 is 0 Å². The minimum Gasteiger partial charge on any atom is -0.250 e. The number of benzene rings is 2. The summed E-state index contributed by atoms with van der Waals surface area (Å²) in [5.41, 5.74) is 4.84. The van der Waals surface area contributed by atoms with Crippen LogP contribution < -0.4 is 5.30 Å². The highest BCUT2D eigenvalue weighted by atomic mass is 32.7. The van der Waals surface area contributed by atoms with Crippen molar-refractivity contribution >= 4 is 22.8 Å². The molecule has 1 aliphatic rings. The average Bonchev–Trinajstić information content (AvgIpc) is 2.36. The highest BCUT2D eigenvalue weighted by molar-refractivity contribution is 8.49. The van der Waals surface area contributed by atoms with Crippen LogP contribution in [0.4, 0.5) is 0 Å². The molecule has 2 unspecified atom stereocenters. The molecule has 0 spiro atoms. The lowest BCUT2D eigenvalue weighted by Gasteiger charge is -2.25. The first-order chi connectivity index (χ1) is 8.58. The molecule has 3 rings (SSSR count). The molecule has 0 aromatic heterocycles. The van der Waals surface area contributed by atoms with Crippen LogP contribution in [0.2, 0.25) is 0 Å². The van der Waals surface area contributed by atoms with E-state index in [4.69, 9.17) is 0 Å². The summed E-state index contributed by atoms with van der Waals surface area (Å²) < 4.78 is 12.6. The predicted molar refractivity (Wildman–Crippen MR) is 80.2 cm³/mol. The zero-order valence-electron chi connectivity index (χ0n) is 10.7. The van der Waals surface area contributed by atoms with Crippen LogP contribution >= 0.6 is 7.12 Å². The van der Waals surface area contributed by atoms with Crippen LogP contribution in [-0.4, -0.2) is 10.9 Å². The molecule has 1 heterocycles. The van der Waals surface area contributed by atoms with Gasteiger partial charge in [0.25, 0.3) is 0 Å². The number of rotatable bonds is 0. The van der Waals surface area contributed by atoms with Crippen LogP contribution in [0.25, 0.3) is 11.1 Å². The average molecular weight is 274 g/mol. The Bertz CT molecular complexity index is 664. The number of hydrogen-bond donors (Lipinski definition) is 0. The molecular formula is C15H15OPS. The van der Waals surface area contributed by atoms with E-state index in [0.29, 0.717) is 0 Å². The normalized spacial score (nSPS) is 21.3. The Morgan fingerprint density at radius 1 is 0.944 bits per heavy atom. The molecule has 0 amide bonds. The van der Waals surface area contributed by atoms with Crippen molar-refractivity contribution in [3.63, 3.8) is 0 Å². The van der Waals surface area contributed by atoms with Gasteiger partial charge in [0.2, 0.25) is 0 Å². The Labute approximate surface area is 111 Å². The molecule has 2 aromatic rings. The first-order valence-corrected chi connectivity index (χ1v) is 9.49. The third kappa shape index (κ3) is 1.75. The van der Waals surface area contributed by atoms with Gasteiger partial charge in [-0.25, -0.2) is 4.21 Å². The van der Waals surface area contributed by atoms with Crippen molar-refractivity contribution < 1.29 is 4.21 Å². The van der Waals surface area contributed by atoms with Crippen molar-refractivity contribution in [1.82, 2.24) is 0 Å². The molecule has 2 atom stereocenters. The molecule has 18 heavy (non-hydrogen) atoms. The summed E-state index contributed by atoms with van der Waals surface area (Å²) in [4.78, 5) is 1.01. The minimum atomic E-state index is -0.875. The van der Waals surface area contributed by atoms with Crippen LogP contribution in [0.3, 0.4) is 0 Å². The van der Waals surface area contributed by atoms with Crippen molar-refractivity contribution in [3.8, 4) is 11.1 Å². The molecule has 0 fully saturated rings. The Kier molecular flexibility index (Phi) is 2.88. The standard InChI is InChI=1S/C15H15OPS/c1-10-4-6-12-13-7-5-11(2)9-15(13)18(16)17(3)14(12)8-10/h4-9H,1-3H3. The second kappa shape index (κ2) is 4.29. The molecule has 92 valence electrons. The van der Waals surface area contributed by atoms with E-state index in [9.17, 15) is 4.21 Å². The lowest BCUT2D eigenvalue weighted by molar-refractivity contribution is 0.691. The zero-order valence-corrected chi connectivity index (χ0v) is 12.4. The molecule has 3 heteroatoms. The maximum atomic E-state index is 12.6. The van der Waals surface area contributed by atoms with Crippen LogP contribution in [0, 0.1) is 13.8 Å². The van der Waals surface area contributed by atoms with E-state index < -0.39 is 17.5 Å². The number of fused-ring (bicyclic) bond motifs is 3. The summed E-state index contributed by atoms with van der Waals surface area (Å²) in [6.45, 7) is 6.27. The number of hydrogen-bond acceptors (Lipinski definition) is 1. The van der Waals surface area contributed by atoms with Crippen molar-refractivity contribution in [2.75, 3.05) is 6.66 Å². The molecule has 1 aliphatic heterocycles. The summed E-state index contributed by atoms with van der Waals surface area (Å²) in [7, 11) is -1.49. The first kappa shape index (κ1) is 12.1. The second-order valence-corrected chi connectivity index (χ2v) is 9.82. The fourth-order valence-electron chi connectivity index (χ4n) is 2.36. The lowest BCUT2D eigenvalue weighted by Crippen LogP contribution is -2.14. The van der Waals surface area contributed by atoms with E-state index in [1.54, 1.807) is 0 Å². The Morgan fingerprint density at radius 3 is 2.28 bits per heavy atom. The second-order valence-electron chi connectivity index (χ2n) is 4.77. The molecular weight excluding hydrogens is 259 g/mol. The van der Waals surface area contributed by atoms with Gasteiger partial charge in [0.05, 0.1) is 15.3 Å². The van der Waals surface area contributed by atoms with Crippen LogP contribution in [0.1, 0.15) is 11.1 Å². The SMILES string of the molecule is Cc1ccc2c(c1)P(C)S(=O)c1cc(C)ccc1-2. The van der Waals surface area contributed by atoms with Gasteiger partial charge in [-0.1, -0.05) is 35.9 Å². The smallest absolute Gasteiger partial charge is 0.0794 e. The third-order valence-corrected chi connectivity index (χ3v) is 8.29. The summed E-state index contributed by atoms with van der Waals surface area (Å²) in [5.74, 6) is 0. The van der Waals surface area contributed by atoms with Gasteiger partial charge in [-0.05, 0) is 48.6 Å². The molecule has 0 N–H and O–H groups in total. The summed E-state index contributed by atoms with van der Waals surface area (Å²) >= 11 is 0. The monoisotopic (exact) mass is 274 g/mol. The zero-order chi connectivity index (χ0) is 12.9. The summed E-state index contributed by atoms with van der Waals surface area (Å²) in [6.07, 6.45) is 0. The quantitative estimate of drug-likeness (QED) is 0.669. The highest BCUT2D eigenvalue weighted by Gasteiger charge is 2.27. The molecule has 0 radical (unpaired) electrons. The maximum Gasteiger partial charge on any atom is 0.0794 e. The first-order valence-electron chi connectivity index (χ1n) is 5.95. The van der Waals surface area contributed by atoms with E-state index in [0.717, 1.165) is 10.5 Å². The van der Waals surface area contributed by atoms with E-state index in [2.05, 4.69) is 56.9 Å². The Morgan fingerprint density at radius 2 is 1.56 bits per heavy atom. The van der Waals surface area contributed by atoms with E-state index in [1.165, 1.54) is 22.0 Å². The van der Waals surface area contributed by atoms with Crippen LogP contribution in [-0.2, 0) is 10.4 Å². The van der Waals surface area contributed by atoms with Crippen LogP contribution in [0.5, 0.6) is 0 Å². The Balaban J connectivity index is 2.34. The van der Waals surface area contributed by atoms with Gasteiger partial charge >= 0.3 is 0 Å². The largest absolute Gasteiger partial charge is 0.250 e. The summed E-state index contributed by atoms with van der Waals surface area (Å²) in [5, 5.41) is 1.28. The molecule has 2 aromatic carbocycles. The van der Waals surface area contributed by atoms with Gasteiger partial charge in [-0.15, -0.1) is 0 Å². The fraction of sp³-hybridized carbons (Fsp3) is 0.200. The van der Waals surface area contributed by atoms with Gasteiger partial charge in [0.1, 0.15) is 0 Å². The van der Waals surface area contributed by atoms with Gasteiger partial charge in [-0.2, -0.15) is 0 Å². The molecule has 0 bridgehead atoms. The van der Waals surface area contributed by atoms with Gasteiger partial charge in [0.15, 0.2) is 0 Å². The molecule has 0 saturated carbocycles. The molecule has 1 nitrogen and oxygen atoms in total. The van der Waals surface area contributed by atoms with Crippen molar-refractivity contribution in [2.45, 2.75) is 18.7 Å². The van der Waals surface area contributed by atoms with Crippen molar-refractivity contribution in [2.24, 2.45) is 0 Å². The van der Waals surface area contributed by atoms with Gasteiger partial charge in [0, 0.05) is 7.12 Å². The molecule has 0 aliphatic carbocycles. The Hall–Kier alpha value is -0.980. The third-order valence-electron chi connectivity index (χ3n) is 3.36. The minimum absolute atomic E-state index is 0.612. The van der Waals surface area contributed by atoms with Crippen LogP contribution in [0.15, 0.2) is 41.3 Å².